The Balaban J connectivity index is 1.74. The summed E-state index contributed by atoms with van der Waals surface area (Å²) >= 11 is 0. The van der Waals surface area contributed by atoms with Crippen LogP contribution in [-0.2, 0) is 21.7 Å². The second kappa shape index (κ2) is 9.74. The lowest BCUT2D eigenvalue weighted by atomic mass is 9.88. The minimum absolute atomic E-state index is 0.0862. The van der Waals surface area contributed by atoms with E-state index in [1.165, 1.54) is 0 Å². The molecule has 0 fully saturated rings. The monoisotopic (exact) mass is 402 g/mol. The van der Waals surface area contributed by atoms with E-state index in [1.54, 1.807) is 11.9 Å². The van der Waals surface area contributed by atoms with Gasteiger partial charge >= 0.3 is 6.09 Å². The maximum Gasteiger partial charge on any atom is 0.408 e. The molecule has 0 spiro atoms. The molecule has 0 aliphatic carbocycles. The Bertz CT molecular complexity index is 961. The maximum absolute atomic E-state index is 13.0. The van der Waals surface area contributed by atoms with Gasteiger partial charge in [-0.1, -0.05) is 78.9 Å². The highest BCUT2D eigenvalue weighted by molar-refractivity contribution is 5.93. The average molecular weight is 402 g/mol. The van der Waals surface area contributed by atoms with Crippen molar-refractivity contribution in [1.29, 1.82) is 0 Å². The van der Waals surface area contributed by atoms with Crippen LogP contribution in [0.25, 0.3) is 0 Å². The third kappa shape index (κ3) is 5.47. The molecule has 2 amide bonds. The average Bonchev–Trinajstić information content (AvgIpc) is 2.79. The molecule has 5 nitrogen and oxygen atoms in total. The molecule has 1 N–H and O–H groups in total. The summed E-state index contributed by atoms with van der Waals surface area (Å²) in [6.07, 6.45) is -0.483. The largest absolute Gasteiger partial charge is 0.445 e. The first-order valence-corrected chi connectivity index (χ1v) is 9.84. The zero-order valence-corrected chi connectivity index (χ0v) is 17.2. The Morgan fingerprint density at radius 1 is 0.867 bits per heavy atom. The molecular weight excluding hydrogens is 376 g/mol. The van der Waals surface area contributed by atoms with Gasteiger partial charge < -0.3 is 15.0 Å². The van der Waals surface area contributed by atoms with Crippen molar-refractivity contribution in [3.05, 3.63) is 102 Å². The molecule has 30 heavy (non-hydrogen) atoms. The standard InChI is InChI=1S/C25H26N2O3/c1-25(21-14-8-4-9-15-21,18-23(28)27(2)22-16-10-5-11-17-22)26-24(29)30-19-20-12-6-3-7-13-20/h3-17H,18-19H2,1-2H3,(H,26,29). The highest BCUT2D eigenvalue weighted by Crippen LogP contribution is 2.27. The van der Waals surface area contributed by atoms with Crippen molar-refractivity contribution in [3.8, 4) is 0 Å². The third-order valence-corrected chi connectivity index (χ3v) is 5.02. The fourth-order valence-corrected chi connectivity index (χ4v) is 3.23. The van der Waals surface area contributed by atoms with Crippen LogP contribution in [0.4, 0.5) is 10.5 Å². The van der Waals surface area contributed by atoms with Crippen molar-refractivity contribution in [2.24, 2.45) is 0 Å². The van der Waals surface area contributed by atoms with Crippen molar-refractivity contribution in [2.75, 3.05) is 11.9 Å². The number of anilines is 1. The molecule has 3 rings (SSSR count). The predicted molar refractivity (Wildman–Crippen MR) is 118 cm³/mol. The predicted octanol–water partition coefficient (Wildman–Crippen LogP) is 4.88. The maximum atomic E-state index is 13.0. The number of rotatable bonds is 7. The van der Waals surface area contributed by atoms with Crippen molar-refractivity contribution in [3.63, 3.8) is 0 Å². The lowest BCUT2D eigenvalue weighted by Gasteiger charge is -2.32. The van der Waals surface area contributed by atoms with Crippen LogP contribution in [-0.4, -0.2) is 19.0 Å². The van der Waals surface area contributed by atoms with E-state index >= 15 is 0 Å². The van der Waals surface area contributed by atoms with Crippen molar-refractivity contribution >= 4 is 17.7 Å². The Labute approximate surface area is 177 Å². The summed E-state index contributed by atoms with van der Waals surface area (Å²) < 4.78 is 5.40. The SMILES string of the molecule is CN(C(=O)CC(C)(NC(=O)OCc1ccccc1)c1ccccc1)c1ccccc1. The zero-order chi connectivity index (χ0) is 21.4. The quantitative estimate of drug-likeness (QED) is 0.613. The topological polar surface area (TPSA) is 58.6 Å². The highest BCUT2D eigenvalue weighted by atomic mass is 16.5. The van der Waals surface area contributed by atoms with Crippen LogP contribution in [0.15, 0.2) is 91.0 Å². The molecule has 1 atom stereocenters. The Hall–Kier alpha value is -3.60. The summed E-state index contributed by atoms with van der Waals surface area (Å²) in [5.74, 6) is -0.115. The van der Waals surface area contributed by atoms with E-state index in [4.69, 9.17) is 4.74 Å². The molecule has 3 aromatic carbocycles. The van der Waals surface area contributed by atoms with Gasteiger partial charge in [0.05, 0.1) is 12.0 Å². The molecule has 5 heteroatoms. The molecule has 3 aromatic rings. The van der Waals surface area contributed by atoms with Gasteiger partial charge in [-0.15, -0.1) is 0 Å². The number of carbonyl (C=O) groups is 2. The van der Waals surface area contributed by atoms with E-state index in [2.05, 4.69) is 5.32 Å². The van der Waals surface area contributed by atoms with E-state index in [0.29, 0.717) is 0 Å². The molecule has 0 bridgehead atoms. The van der Waals surface area contributed by atoms with Gasteiger partial charge in [0.15, 0.2) is 0 Å². The van der Waals surface area contributed by atoms with Crippen LogP contribution in [0.3, 0.4) is 0 Å². The molecule has 0 aliphatic rings. The summed E-state index contributed by atoms with van der Waals surface area (Å²) in [6.45, 7) is 2.00. The van der Waals surface area contributed by atoms with Crippen molar-refractivity contribution < 1.29 is 14.3 Å². The summed E-state index contributed by atoms with van der Waals surface area (Å²) in [7, 11) is 1.73. The van der Waals surface area contributed by atoms with Crippen molar-refractivity contribution in [2.45, 2.75) is 25.5 Å². The van der Waals surface area contributed by atoms with Crippen LogP contribution >= 0.6 is 0 Å². The Kier molecular flexibility index (Phi) is 6.86. The number of ether oxygens (including phenoxy) is 1. The second-order valence-corrected chi connectivity index (χ2v) is 7.35. The number of hydrogen-bond acceptors (Lipinski definition) is 3. The van der Waals surface area contributed by atoms with Crippen LogP contribution in [0, 0.1) is 0 Å². The van der Waals surface area contributed by atoms with Gasteiger partial charge in [-0.2, -0.15) is 0 Å². The van der Waals surface area contributed by atoms with Gasteiger partial charge in [0.1, 0.15) is 6.61 Å². The number of nitrogens with one attached hydrogen (secondary N) is 1. The Morgan fingerprint density at radius 3 is 2.00 bits per heavy atom. The summed E-state index contributed by atoms with van der Waals surface area (Å²) in [5, 5.41) is 2.91. The minimum atomic E-state index is -0.921. The van der Waals surface area contributed by atoms with Gasteiger partial charge in [0.25, 0.3) is 0 Å². The van der Waals surface area contributed by atoms with Gasteiger partial charge in [-0.3, -0.25) is 4.79 Å². The van der Waals surface area contributed by atoms with Gasteiger partial charge in [0, 0.05) is 12.7 Å². The number of amides is 2. The molecule has 0 heterocycles. The first kappa shape index (κ1) is 21.1. The van der Waals surface area contributed by atoms with Crippen LogP contribution in [0.1, 0.15) is 24.5 Å². The smallest absolute Gasteiger partial charge is 0.408 e. The van der Waals surface area contributed by atoms with Gasteiger partial charge in [-0.05, 0) is 30.2 Å². The molecular formula is C25H26N2O3. The number of alkyl carbamates (subject to hydrolysis) is 1. The molecule has 154 valence electrons. The van der Waals surface area contributed by atoms with Gasteiger partial charge in [0.2, 0.25) is 5.91 Å². The molecule has 0 saturated carbocycles. The van der Waals surface area contributed by atoms with Crippen LogP contribution < -0.4 is 10.2 Å². The number of hydrogen-bond donors (Lipinski definition) is 1. The summed E-state index contributed by atoms with van der Waals surface area (Å²) in [5.41, 5.74) is 1.60. The first-order valence-electron chi connectivity index (χ1n) is 9.84. The van der Waals surface area contributed by atoms with E-state index in [-0.39, 0.29) is 18.9 Å². The summed E-state index contributed by atoms with van der Waals surface area (Å²) in [6, 6.07) is 28.4. The normalized spacial score (nSPS) is 12.5. The molecule has 0 aliphatic heterocycles. The highest BCUT2D eigenvalue weighted by Gasteiger charge is 2.33. The number of benzene rings is 3. The van der Waals surface area contributed by atoms with E-state index in [9.17, 15) is 9.59 Å². The number of para-hydroxylation sites is 1. The molecule has 0 saturated heterocycles. The van der Waals surface area contributed by atoms with Gasteiger partial charge in [-0.25, -0.2) is 4.79 Å². The van der Waals surface area contributed by atoms with Crippen molar-refractivity contribution in [1.82, 2.24) is 5.32 Å². The third-order valence-electron chi connectivity index (χ3n) is 5.02. The number of nitrogens with zero attached hydrogens (tertiary/aromatic N) is 1. The fourth-order valence-electron chi connectivity index (χ4n) is 3.23. The van der Waals surface area contributed by atoms with E-state index < -0.39 is 11.6 Å². The first-order chi connectivity index (χ1) is 14.5. The molecule has 0 radical (unpaired) electrons. The second-order valence-electron chi connectivity index (χ2n) is 7.35. The zero-order valence-electron chi connectivity index (χ0n) is 17.2. The lowest BCUT2D eigenvalue weighted by Crippen LogP contribution is -2.47. The van der Waals surface area contributed by atoms with Crippen LogP contribution in [0.2, 0.25) is 0 Å². The van der Waals surface area contributed by atoms with E-state index in [1.807, 2.05) is 97.9 Å². The minimum Gasteiger partial charge on any atom is -0.445 e. The number of carbonyl (C=O) groups excluding carboxylic acids is 2. The summed E-state index contributed by atoms with van der Waals surface area (Å²) in [4.78, 5) is 27.2. The fraction of sp³-hybridized carbons (Fsp3) is 0.200. The van der Waals surface area contributed by atoms with Crippen LogP contribution in [0.5, 0.6) is 0 Å². The molecule has 1 unspecified atom stereocenters. The lowest BCUT2D eigenvalue weighted by molar-refractivity contribution is -0.119. The van der Waals surface area contributed by atoms with E-state index in [0.717, 1.165) is 16.8 Å². The molecule has 0 aromatic heterocycles. The Morgan fingerprint density at radius 2 is 1.40 bits per heavy atom.